The standard InChI is InChI=1S/C51H33N3/c1-2-10-39-29-41(27-24-34(39)9-1)40-12-7-13-43(30-40)51-53-49(32-50(54-51)48-31-42-11-3-4-15-45(42)46-16-5-6-17-47(46)48)38-25-22-36(23-26-38)35-18-20-37(21-19-35)44-14-8-28-52-33-44/h1-33H. The third-order valence-corrected chi connectivity index (χ3v) is 10.4. The molecular weight excluding hydrogens is 655 g/mol. The molecular formula is C51H33N3. The number of aromatic nitrogens is 3. The SMILES string of the molecule is c1cncc(-c2ccc(-c3ccc(-c4cc(-c5cc6ccccc6c6ccccc56)nc(-c5cccc(-c6ccc7ccccc7c6)c5)n4)cc3)cc2)c1. The maximum Gasteiger partial charge on any atom is 0.160 e. The van der Waals surface area contributed by atoms with Gasteiger partial charge in [0.2, 0.25) is 0 Å². The third-order valence-electron chi connectivity index (χ3n) is 10.4. The van der Waals surface area contributed by atoms with Gasteiger partial charge in [0.25, 0.3) is 0 Å². The highest BCUT2D eigenvalue weighted by molar-refractivity contribution is 6.13. The van der Waals surface area contributed by atoms with E-state index in [4.69, 9.17) is 9.97 Å². The molecule has 0 aliphatic rings. The van der Waals surface area contributed by atoms with Crippen molar-refractivity contribution in [2.75, 3.05) is 0 Å². The minimum Gasteiger partial charge on any atom is -0.264 e. The number of benzene rings is 8. The molecule has 3 heteroatoms. The molecule has 0 saturated heterocycles. The molecule has 0 atom stereocenters. The van der Waals surface area contributed by atoms with Crippen LogP contribution in [0.5, 0.6) is 0 Å². The summed E-state index contributed by atoms with van der Waals surface area (Å²) in [6, 6.07) is 66.8. The maximum atomic E-state index is 5.32. The lowest BCUT2D eigenvalue weighted by atomic mass is 9.94. The van der Waals surface area contributed by atoms with Gasteiger partial charge in [-0.2, -0.15) is 0 Å². The highest BCUT2D eigenvalue weighted by atomic mass is 14.9. The number of fused-ring (bicyclic) bond motifs is 4. The quantitative estimate of drug-likeness (QED) is 0.163. The van der Waals surface area contributed by atoms with Crippen molar-refractivity contribution in [1.29, 1.82) is 0 Å². The molecule has 0 aliphatic carbocycles. The van der Waals surface area contributed by atoms with Gasteiger partial charge in [0, 0.05) is 29.1 Å². The van der Waals surface area contributed by atoms with Gasteiger partial charge in [-0.3, -0.25) is 4.98 Å². The Bertz CT molecular complexity index is 2970. The van der Waals surface area contributed by atoms with Crippen LogP contribution in [0.25, 0.3) is 99.6 Å². The Balaban J connectivity index is 1.10. The zero-order valence-corrected chi connectivity index (χ0v) is 29.4. The van der Waals surface area contributed by atoms with Crippen molar-refractivity contribution in [2.45, 2.75) is 0 Å². The molecule has 10 aromatic rings. The van der Waals surface area contributed by atoms with Crippen molar-refractivity contribution in [3.05, 3.63) is 200 Å². The molecule has 0 N–H and O–H groups in total. The summed E-state index contributed by atoms with van der Waals surface area (Å²) in [4.78, 5) is 14.9. The summed E-state index contributed by atoms with van der Waals surface area (Å²) in [6.07, 6.45) is 3.70. The van der Waals surface area contributed by atoms with Crippen molar-refractivity contribution in [1.82, 2.24) is 15.0 Å². The Morgan fingerprint density at radius 2 is 0.870 bits per heavy atom. The highest BCUT2D eigenvalue weighted by Crippen LogP contribution is 2.37. The Morgan fingerprint density at radius 1 is 0.296 bits per heavy atom. The zero-order valence-electron chi connectivity index (χ0n) is 29.4. The van der Waals surface area contributed by atoms with Crippen molar-refractivity contribution in [3.8, 4) is 67.3 Å². The van der Waals surface area contributed by atoms with E-state index in [1.807, 2.05) is 12.3 Å². The molecule has 0 unspecified atom stereocenters. The Hall–Kier alpha value is -7.23. The summed E-state index contributed by atoms with van der Waals surface area (Å²) in [7, 11) is 0. The van der Waals surface area contributed by atoms with Gasteiger partial charge < -0.3 is 0 Å². The fourth-order valence-corrected chi connectivity index (χ4v) is 7.56. The van der Waals surface area contributed by atoms with Gasteiger partial charge in [-0.25, -0.2) is 9.97 Å². The molecule has 252 valence electrons. The molecule has 0 spiro atoms. The second-order valence-electron chi connectivity index (χ2n) is 13.7. The normalized spacial score (nSPS) is 11.3. The second-order valence-corrected chi connectivity index (χ2v) is 13.7. The summed E-state index contributed by atoms with van der Waals surface area (Å²) in [5, 5.41) is 7.25. The lowest BCUT2D eigenvalue weighted by Gasteiger charge is -2.14. The van der Waals surface area contributed by atoms with Crippen LogP contribution in [0, 0.1) is 0 Å². The summed E-state index contributed by atoms with van der Waals surface area (Å²) >= 11 is 0. The molecule has 0 bridgehead atoms. The van der Waals surface area contributed by atoms with Crippen molar-refractivity contribution in [3.63, 3.8) is 0 Å². The van der Waals surface area contributed by atoms with E-state index in [0.717, 1.165) is 61.5 Å². The van der Waals surface area contributed by atoms with Crippen LogP contribution in [0.1, 0.15) is 0 Å². The minimum atomic E-state index is 0.692. The van der Waals surface area contributed by atoms with Gasteiger partial charge in [-0.15, -0.1) is 0 Å². The van der Waals surface area contributed by atoms with Crippen LogP contribution in [0.4, 0.5) is 0 Å². The number of rotatable bonds is 6. The monoisotopic (exact) mass is 687 g/mol. The second kappa shape index (κ2) is 13.4. The number of nitrogens with zero attached hydrogens (tertiary/aromatic N) is 3. The lowest BCUT2D eigenvalue weighted by molar-refractivity contribution is 1.19. The van der Waals surface area contributed by atoms with E-state index < -0.39 is 0 Å². The van der Waals surface area contributed by atoms with E-state index in [1.165, 1.54) is 32.3 Å². The molecule has 0 aliphatic heterocycles. The first kappa shape index (κ1) is 31.5. The van der Waals surface area contributed by atoms with Gasteiger partial charge in [0.05, 0.1) is 11.4 Å². The fourth-order valence-electron chi connectivity index (χ4n) is 7.56. The van der Waals surface area contributed by atoms with Crippen LogP contribution in [-0.2, 0) is 0 Å². The predicted octanol–water partition coefficient (Wildman–Crippen LogP) is 13.3. The van der Waals surface area contributed by atoms with Crippen LogP contribution in [0.3, 0.4) is 0 Å². The average molecular weight is 688 g/mol. The summed E-state index contributed by atoms with van der Waals surface area (Å²) in [5.74, 6) is 0.692. The Morgan fingerprint density at radius 3 is 1.63 bits per heavy atom. The minimum absolute atomic E-state index is 0.692. The number of hydrogen-bond donors (Lipinski definition) is 0. The van der Waals surface area contributed by atoms with Crippen molar-refractivity contribution < 1.29 is 0 Å². The average Bonchev–Trinajstić information content (AvgIpc) is 3.26. The van der Waals surface area contributed by atoms with Crippen LogP contribution in [0.2, 0.25) is 0 Å². The van der Waals surface area contributed by atoms with Gasteiger partial charge in [-0.1, -0.05) is 158 Å². The van der Waals surface area contributed by atoms with Crippen LogP contribution in [0.15, 0.2) is 200 Å². The molecule has 10 rings (SSSR count). The van der Waals surface area contributed by atoms with Crippen molar-refractivity contribution >= 4 is 32.3 Å². The molecule has 2 aromatic heterocycles. The largest absolute Gasteiger partial charge is 0.264 e. The lowest BCUT2D eigenvalue weighted by Crippen LogP contribution is -1.97. The van der Waals surface area contributed by atoms with Gasteiger partial charge in [-0.05, 0) is 96.0 Å². The first-order chi connectivity index (χ1) is 26.7. The first-order valence-corrected chi connectivity index (χ1v) is 18.2. The van der Waals surface area contributed by atoms with Crippen LogP contribution >= 0.6 is 0 Å². The summed E-state index contributed by atoms with van der Waals surface area (Å²) in [5.41, 5.74) is 11.7. The molecule has 2 heterocycles. The van der Waals surface area contributed by atoms with E-state index in [0.29, 0.717) is 5.82 Å². The smallest absolute Gasteiger partial charge is 0.160 e. The molecule has 0 saturated carbocycles. The van der Waals surface area contributed by atoms with E-state index >= 15 is 0 Å². The third kappa shape index (κ3) is 5.88. The zero-order chi connectivity index (χ0) is 35.8. The topological polar surface area (TPSA) is 38.7 Å². The first-order valence-electron chi connectivity index (χ1n) is 18.2. The predicted molar refractivity (Wildman–Crippen MR) is 225 cm³/mol. The molecule has 3 nitrogen and oxygen atoms in total. The maximum absolute atomic E-state index is 5.32. The van der Waals surface area contributed by atoms with Gasteiger partial charge in [0.15, 0.2) is 5.82 Å². The molecule has 0 amide bonds. The number of hydrogen-bond acceptors (Lipinski definition) is 3. The fraction of sp³-hybridized carbons (Fsp3) is 0. The summed E-state index contributed by atoms with van der Waals surface area (Å²) < 4.78 is 0. The molecule has 8 aromatic carbocycles. The van der Waals surface area contributed by atoms with E-state index in [-0.39, 0.29) is 0 Å². The number of pyridine rings is 1. The van der Waals surface area contributed by atoms with E-state index in [2.05, 4.69) is 187 Å². The highest BCUT2D eigenvalue weighted by Gasteiger charge is 2.15. The van der Waals surface area contributed by atoms with Crippen LogP contribution in [-0.4, -0.2) is 15.0 Å². The molecule has 54 heavy (non-hydrogen) atoms. The summed E-state index contributed by atoms with van der Waals surface area (Å²) in [6.45, 7) is 0. The van der Waals surface area contributed by atoms with Crippen molar-refractivity contribution in [2.24, 2.45) is 0 Å². The van der Waals surface area contributed by atoms with E-state index in [1.54, 1.807) is 6.20 Å². The van der Waals surface area contributed by atoms with E-state index in [9.17, 15) is 0 Å². The Kier molecular flexibility index (Phi) is 7.81. The Labute approximate surface area is 313 Å². The van der Waals surface area contributed by atoms with Crippen LogP contribution < -0.4 is 0 Å². The molecule has 0 fully saturated rings. The van der Waals surface area contributed by atoms with Gasteiger partial charge in [0.1, 0.15) is 0 Å². The molecule has 0 radical (unpaired) electrons. The van der Waals surface area contributed by atoms with Gasteiger partial charge >= 0.3 is 0 Å².